The Hall–Kier alpha value is -1.84. The van der Waals surface area contributed by atoms with Crippen LogP contribution in [0.1, 0.15) is 16.2 Å². The average Bonchev–Trinajstić information content (AvgIpc) is 2.53. The van der Waals surface area contributed by atoms with Crippen LogP contribution in [0.2, 0.25) is 0 Å². The van der Waals surface area contributed by atoms with E-state index in [0.29, 0.717) is 5.56 Å². The molecule has 1 heterocycles. The van der Waals surface area contributed by atoms with Gasteiger partial charge in [-0.15, -0.1) is 0 Å². The predicted octanol–water partition coefficient (Wildman–Crippen LogP) is 1.58. The molecule has 0 radical (unpaired) electrons. The first-order chi connectivity index (χ1) is 7.50. The molecule has 16 heavy (non-hydrogen) atoms. The number of aryl methyl sites for hydroxylation is 2. The van der Waals surface area contributed by atoms with Crippen molar-refractivity contribution in [1.82, 2.24) is 14.5 Å². The van der Waals surface area contributed by atoms with Gasteiger partial charge in [-0.25, -0.2) is 4.98 Å². The minimum absolute atomic E-state index is 0.00482. The number of imidazole rings is 1. The van der Waals surface area contributed by atoms with Gasteiger partial charge in [0.1, 0.15) is 5.82 Å². The minimum atomic E-state index is 0.00482. The molecule has 0 aliphatic heterocycles. The van der Waals surface area contributed by atoms with Crippen molar-refractivity contribution >= 4 is 16.9 Å². The molecule has 0 saturated heterocycles. The molecule has 0 spiro atoms. The van der Waals surface area contributed by atoms with Gasteiger partial charge in [0, 0.05) is 26.7 Å². The van der Waals surface area contributed by atoms with Crippen molar-refractivity contribution in [3.8, 4) is 0 Å². The molecule has 0 saturated carbocycles. The van der Waals surface area contributed by atoms with Gasteiger partial charge >= 0.3 is 0 Å². The van der Waals surface area contributed by atoms with E-state index in [4.69, 9.17) is 0 Å². The van der Waals surface area contributed by atoms with Crippen LogP contribution in [0.25, 0.3) is 11.0 Å². The molecule has 0 aliphatic carbocycles. The first-order valence-corrected chi connectivity index (χ1v) is 5.15. The Bertz CT molecular complexity index is 555. The Kier molecular flexibility index (Phi) is 2.42. The smallest absolute Gasteiger partial charge is 0.253 e. The molecular weight excluding hydrogens is 202 g/mol. The van der Waals surface area contributed by atoms with Crippen LogP contribution in [0.5, 0.6) is 0 Å². The van der Waals surface area contributed by atoms with Crippen LogP contribution >= 0.6 is 0 Å². The number of fused-ring (bicyclic) bond motifs is 1. The number of nitrogens with zero attached hydrogens (tertiary/aromatic N) is 3. The second kappa shape index (κ2) is 3.63. The largest absolute Gasteiger partial charge is 0.345 e. The first-order valence-electron chi connectivity index (χ1n) is 5.15. The molecule has 4 nitrogen and oxygen atoms in total. The van der Waals surface area contributed by atoms with Crippen molar-refractivity contribution in [2.24, 2.45) is 7.05 Å². The van der Waals surface area contributed by atoms with E-state index in [9.17, 15) is 4.79 Å². The molecule has 0 bridgehead atoms. The van der Waals surface area contributed by atoms with E-state index in [-0.39, 0.29) is 5.91 Å². The van der Waals surface area contributed by atoms with Gasteiger partial charge in [-0.1, -0.05) is 0 Å². The monoisotopic (exact) mass is 217 g/mol. The first kappa shape index (κ1) is 10.7. The number of aromatic nitrogens is 2. The number of hydrogen-bond acceptors (Lipinski definition) is 2. The molecule has 4 heteroatoms. The summed E-state index contributed by atoms with van der Waals surface area (Å²) in [5, 5.41) is 0. The average molecular weight is 217 g/mol. The van der Waals surface area contributed by atoms with Crippen LogP contribution in [0.3, 0.4) is 0 Å². The quantitative estimate of drug-likeness (QED) is 0.727. The van der Waals surface area contributed by atoms with Crippen molar-refractivity contribution in [3.63, 3.8) is 0 Å². The highest BCUT2D eigenvalue weighted by atomic mass is 16.2. The van der Waals surface area contributed by atoms with Gasteiger partial charge in [0.15, 0.2) is 0 Å². The van der Waals surface area contributed by atoms with Crippen LogP contribution in [0.15, 0.2) is 18.2 Å². The Labute approximate surface area is 94.5 Å². The fourth-order valence-corrected chi connectivity index (χ4v) is 1.71. The van der Waals surface area contributed by atoms with Crippen LogP contribution in [0, 0.1) is 6.92 Å². The maximum atomic E-state index is 11.8. The van der Waals surface area contributed by atoms with Crippen LogP contribution in [0.4, 0.5) is 0 Å². The number of benzene rings is 1. The van der Waals surface area contributed by atoms with Crippen LogP contribution in [-0.4, -0.2) is 34.5 Å². The van der Waals surface area contributed by atoms with E-state index in [1.54, 1.807) is 19.0 Å². The van der Waals surface area contributed by atoms with E-state index in [1.165, 1.54) is 0 Å². The Morgan fingerprint density at radius 1 is 1.38 bits per heavy atom. The lowest BCUT2D eigenvalue weighted by Gasteiger charge is -2.09. The summed E-state index contributed by atoms with van der Waals surface area (Å²) in [5.74, 6) is 0.953. The van der Waals surface area contributed by atoms with E-state index < -0.39 is 0 Å². The summed E-state index contributed by atoms with van der Waals surface area (Å²) in [5.41, 5.74) is 2.59. The molecule has 0 atom stereocenters. The van der Waals surface area contributed by atoms with Gasteiger partial charge in [0.2, 0.25) is 0 Å². The zero-order valence-corrected chi connectivity index (χ0v) is 9.98. The summed E-state index contributed by atoms with van der Waals surface area (Å²) in [4.78, 5) is 17.7. The van der Waals surface area contributed by atoms with Crippen molar-refractivity contribution in [2.45, 2.75) is 6.92 Å². The zero-order chi connectivity index (χ0) is 11.9. The molecule has 0 fully saturated rings. The zero-order valence-electron chi connectivity index (χ0n) is 9.98. The highest BCUT2D eigenvalue weighted by Crippen LogP contribution is 2.16. The highest BCUT2D eigenvalue weighted by Gasteiger charge is 2.10. The Morgan fingerprint density at radius 3 is 2.69 bits per heavy atom. The van der Waals surface area contributed by atoms with Crippen LogP contribution in [-0.2, 0) is 7.05 Å². The molecule has 2 aromatic rings. The van der Waals surface area contributed by atoms with Crippen molar-refractivity contribution in [3.05, 3.63) is 29.6 Å². The van der Waals surface area contributed by atoms with Gasteiger partial charge in [-0.05, 0) is 25.1 Å². The topological polar surface area (TPSA) is 38.1 Å². The molecule has 1 aromatic carbocycles. The van der Waals surface area contributed by atoms with Crippen LogP contribution < -0.4 is 0 Å². The summed E-state index contributed by atoms with van der Waals surface area (Å²) < 4.78 is 2.01. The van der Waals surface area contributed by atoms with E-state index in [1.807, 2.05) is 36.7 Å². The molecule has 1 amide bonds. The second-order valence-corrected chi connectivity index (χ2v) is 4.12. The van der Waals surface area contributed by atoms with Gasteiger partial charge in [-0.3, -0.25) is 4.79 Å². The standard InChI is InChI=1S/C12H15N3O/c1-8-13-10-7-9(12(16)14(2)3)5-6-11(10)15(8)4/h5-7H,1-4H3. The number of amides is 1. The maximum absolute atomic E-state index is 11.8. The van der Waals surface area contributed by atoms with E-state index in [2.05, 4.69) is 4.98 Å². The molecule has 0 unspecified atom stereocenters. The third kappa shape index (κ3) is 1.56. The summed E-state index contributed by atoms with van der Waals surface area (Å²) in [6, 6.07) is 5.61. The third-order valence-corrected chi connectivity index (χ3v) is 2.76. The fraction of sp³-hybridized carbons (Fsp3) is 0.333. The van der Waals surface area contributed by atoms with E-state index >= 15 is 0 Å². The van der Waals surface area contributed by atoms with E-state index in [0.717, 1.165) is 16.9 Å². The van der Waals surface area contributed by atoms with Crippen molar-refractivity contribution in [2.75, 3.05) is 14.1 Å². The molecule has 84 valence electrons. The summed E-state index contributed by atoms with van der Waals surface area (Å²) in [7, 11) is 5.46. The number of carbonyl (C=O) groups excluding carboxylic acids is 1. The number of hydrogen-bond donors (Lipinski definition) is 0. The van der Waals surface area contributed by atoms with Gasteiger partial charge in [-0.2, -0.15) is 0 Å². The van der Waals surface area contributed by atoms with Crippen molar-refractivity contribution in [1.29, 1.82) is 0 Å². The molecular formula is C12H15N3O. The summed E-state index contributed by atoms with van der Waals surface area (Å²) >= 11 is 0. The maximum Gasteiger partial charge on any atom is 0.253 e. The lowest BCUT2D eigenvalue weighted by atomic mass is 10.2. The third-order valence-electron chi connectivity index (χ3n) is 2.76. The number of rotatable bonds is 1. The normalized spacial score (nSPS) is 10.8. The Balaban J connectivity index is 2.57. The Morgan fingerprint density at radius 2 is 2.06 bits per heavy atom. The molecule has 0 N–H and O–H groups in total. The number of carbonyl (C=O) groups is 1. The highest BCUT2D eigenvalue weighted by molar-refractivity contribution is 5.97. The lowest BCUT2D eigenvalue weighted by Crippen LogP contribution is -2.21. The SMILES string of the molecule is Cc1nc2cc(C(=O)N(C)C)ccc2n1C. The second-order valence-electron chi connectivity index (χ2n) is 4.12. The minimum Gasteiger partial charge on any atom is -0.345 e. The predicted molar refractivity (Wildman–Crippen MR) is 63.5 cm³/mol. The molecule has 1 aromatic heterocycles. The summed E-state index contributed by atoms with van der Waals surface area (Å²) in [6.07, 6.45) is 0. The van der Waals surface area contributed by atoms with Gasteiger partial charge in [0.25, 0.3) is 5.91 Å². The fourth-order valence-electron chi connectivity index (χ4n) is 1.71. The molecule has 2 rings (SSSR count). The molecule has 0 aliphatic rings. The van der Waals surface area contributed by atoms with Gasteiger partial charge in [0.05, 0.1) is 11.0 Å². The lowest BCUT2D eigenvalue weighted by molar-refractivity contribution is 0.0828. The van der Waals surface area contributed by atoms with Crippen molar-refractivity contribution < 1.29 is 4.79 Å². The summed E-state index contributed by atoms with van der Waals surface area (Å²) in [6.45, 7) is 1.95. The van der Waals surface area contributed by atoms with Gasteiger partial charge < -0.3 is 9.47 Å².